The molecule has 0 spiro atoms. The standard InChI is InChI=1S/C22H21FN8O/c23-17-9-7-15(8-10-17)18-13-30(29-27-18)12-14-3-5-16(6-4-14)20-26-21(32-28-20)19-2-1-11-31(19)22(24)25/h3-10,13,19H,1-2,11-12H2,(H3,24,25)/t19-/m0/s1. The molecule has 1 aliphatic heterocycles. The predicted octanol–water partition coefficient (Wildman–Crippen LogP) is 3.21. The Kier molecular flexibility index (Phi) is 5.10. The molecule has 32 heavy (non-hydrogen) atoms. The minimum Gasteiger partial charge on any atom is -0.370 e. The maximum atomic E-state index is 13.1. The highest BCUT2D eigenvalue weighted by Crippen LogP contribution is 2.31. The quantitative estimate of drug-likeness (QED) is 0.367. The van der Waals surface area contributed by atoms with Crippen LogP contribution in [0.3, 0.4) is 0 Å². The maximum absolute atomic E-state index is 13.1. The van der Waals surface area contributed by atoms with Crippen LogP contribution in [-0.4, -0.2) is 42.5 Å². The summed E-state index contributed by atoms with van der Waals surface area (Å²) in [6, 6.07) is 13.8. The van der Waals surface area contributed by atoms with Gasteiger partial charge in [0.1, 0.15) is 17.6 Å². The zero-order valence-corrected chi connectivity index (χ0v) is 17.1. The summed E-state index contributed by atoms with van der Waals surface area (Å²) in [6.45, 7) is 1.26. The summed E-state index contributed by atoms with van der Waals surface area (Å²) in [5, 5.41) is 20.1. The Hall–Kier alpha value is -4.08. The van der Waals surface area contributed by atoms with Crippen molar-refractivity contribution in [2.75, 3.05) is 6.54 Å². The van der Waals surface area contributed by atoms with Crippen LogP contribution in [0, 0.1) is 11.2 Å². The number of hydrogen-bond acceptors (Lipinski definition) is 6. The number of likely N-dealkylation sites (tertiary alicyclic amines) is 1. The van der Waals surface area contributed by atoms with Crippen LogP contribution in [0.15, 0.2) is 59.3 Å². The molecule has 4 aromatic rings. The minimum absolute atomic E-state index is 0.0206. The molecule has 1 aliphatic rings. The summed E-state index contributed by atoms with van der Waals surface area (Å²) in [5.41, 5.74) is 9.02. The third kappa shape index (κ3) is 3.94. The highest BCUT2D eigenvalue weighted by atomic mass is 19.1. The average molecular weight is 432 g/mol. The molecule has 0 amide bonds. The van der Waals surface area contributed by atoms with Crippen LogP contribution in [-0.2, 0) is 6.54 Å². The van der Waals surface area contributed by atoms with Crippen molar-refractivity contribution < 1.29 is 8.91 Å². The molecule has 0 bridgehead atoms. The maximum Gasteiger partial charge on any atom is 0.249 e. The van der Waals surface area contributed by atoms with E-state index in [1.165, 1.54) is 12.1 Å². The van der Waals surface area contributed by atoms with E-state index in [0.29, 0.717) is 24.0 Å². The first-order valence-electron chi connectivity index (χ1n) is 10.3. The number of rotatable bonds is 5. The monoisotopic (exact) mass is 432 g/mol. The molecule has 5 rings (SSSR count). The molecule has 0 radical (unpaired) electrons. The number of guanidine groups is 1. The van der Waals surface area contributed by atoms with Gasteiger partial charge in [-0.05, 0) is 42.7 Å². The smallest absolute Gasteiger partial charge is 0.249 e. The van der Waals surface area contributed by atoms with Crippen LogP contribution in [0.1, 0.15) is 30.3 Å². The molecule has 0 unspecified atom stereocenters. The van der Waals surface area contributed by atoms with Gasteiger partial charge < -0.3 is 15.2 Å². The number of benzene rings is 2. The van der Waals surface area contributed by atoms with Gasteiger partial charge in [0, 0.05) is 17.7 Å². The second-order valence-electron chi connectivity index (χ2n) is 7.70. The van der Waals surface area contributed by atoms with Gasteiger partial charge in [-0.2, -0.15) is 4.98 Å². The largest absolute Gasteiger partial charge is 0.370 e. The molecule has 9 nitrogen and oxygen atoms in total. The molecular formula is C22H21FN8O. The van der Waals surface area contributed by atoms with Gasteiger partial charge >= 0.3 is 0 Å². The molecule has 1 fully saturated rings. The van der Waals surface area contributed by atoms with E-state index in [1.54, 1.807) is 21.7 Å². The number of nitrogens with two attached hydrogens (primary N) is 1. The van der Waals surface area contributed by atoms with Crippen LogP contribution in [0.25, 0.3) is 22.6 Å². The van der Waals surface area contributed by atoms with Gasteiger partial charge in [-0.3, -0.25) is 5.41 Å². The fourth-order valence-corrected chi connectivity index (χ4v) is 3.87. The molecule has 3 heterocycles. The number of nitrogens with zero attached hydrogens (tertiary/aromatic N) is 6. The fourth-order valence-electron chi connectivity index (χ4n) is 3.87. The van der Waals surface area contributed by atoms with Gasteiger partial charge in [0.15, 0.2) is 5.96 Å². The number of nitrogens with one attached hydrogen (secondary N) is 1. The van der Waals surface area contributed by atoms with Crippen LogP contribution in [0.2, 0.25) is 0 Å². The summed E-state index contributed by atoms with van der Waals surface area (Å²) in [7, 11) is 0. The van der Waals surface area contributed by atoms with Crippen molar-refractivity contribution in [3.8, 4) is 22.6 Å². The van der Waals surface area contributed by atoms with Crippen molar-refractivity contribution in [1.29, 1.82) is 5.41 Å². The predicted molar refractivity (Wildman–Crippen MR) is 115 cm³/mol. The second kappa shape index (κ2) is 8.22. The molecule has 0 aliphatic carbocycles. The van der Waals surface area contributed by atoms with Gasteiger partial charge in [0.2, 0.25) is 11.7 Å². The Labute approximate surface area is 183 Å². The topological polar surface area (TPSA) is 123 Å². The van der Waals surface area contributed by atoms with Gasteiger partial charge in [0.05, 0.1) is 12.7 Å². The number of aromatic nitrogens is 5. The van der Waals surface area contributed by atoms with Crippen molar-refractivity contribution in [3.05, 3.63) is 72.0 Å². The SMILES string of the molecule is N=C(N)N1CCC[C@H]1c1nc(-c2ccc(Cn3cc(-c4ccc(F)cc4)nn3)cc2)no1. The first-order chi connectivity index (χ1) is 15.6. The minimum atomic E-state index is -0.283. The number of hydrogen-bond donors (Lipinski definition) is 2. The van der Waals surface area contributed by atoms with Crippen molar-refractivity contribution in [3.63, 3.8) is 0 Å². The summed E-state index contributed by atoms with van der Waals surface area (Å²) >= 11 is 0. The summed E-state index contributed by atoms with van der Waals surface area (Å²) in [5.74, 6) is 0.718. The van der Waals surface area contributed by atoms with Gasteiger partial charge in [-0.25, -0.2) is 9.07 Å². The van der Waals surface area contributed by atoms with E-state index in [1.807, 2.05) is 30.5 Å². The first-order valence-corrected chi connectivity index (χ1v) is 10.3. The van der Waals surface area contributed by atoms with Crippen molar-refractivity contribution in [2.45, 2.75) is 25.4 Å². The number of halogens is 1. The van der Waals surface area contributed by atoms with E-state index in [0.717, 1.165) is 36.1 Å². The van der Waals surface area contributed by atoms with E-state index < -0.39 is 0 Å². The van der Waals surface area contributed by atoms with E-state index in [2.05, 4.69) is 20.5 Å². The lowest BCUT2D eigenvalue weighted by Crippen LogP contribution is -2.35. The summed E-state index contributed by atoms with van der Waals surface area (Å²) < 4.78 is 20.3. The highest BCUT2D eigenvalue weighted by molar-refractivity contribution is 5.75. The van der Waals surface area contributed by atoms with Crippen LogP contribution < -0.4 is 5.73 Å². The molecule has 1 atom stereocenters. The van der Waals surface area contributed by atoms with Crippen molar-refractivity contribution in [1.82, 2.24) is 30.0 Å². The Morgan fingerprint density at radius 1 is 1.12 bits per heavy atom. The molecule has 10 heteroatoms. The summed E-state index contributed by atoms with van der Waals surface area (Å²) in [4.78, 5) is 6.30. The molecule has 2 aromatic heterocycles. The second-order valence-corrected chi connectivity index (χ2v) is 7.70. The Morgan fingerprint density at radius 3 is 2.62 bits per heavy atom. The fraction of sp³-hybridized carbons (Fsp3) is 0.227. The molecule has 2 aromatic carbocycles. The third-order valence-corrected chi connectivity index (χ3v) is 5.52. The van der Waals surface area contributed by atoms with Crippen LogP contribution >= 0.6 is 0 Å². The van der Waals surface area contributed by atoms with Crippen molar-refractivity contribution >= 4 is 5.96 Å². The zero-order valence-electron chi connectivity index (χ0n) is 17.1. The normalized spacial score (nSPS) is 15.9. The Morgan fingerprint density at radius 2 is 1.88 bits per heavy atom. The van der Waals surface area contributed by atoms with E-state index >= 15 is 0 Å². The van der Waals surface area contributed by atoms with Gasteiger partial charge in [-0.1, -0.05) is 34.6 Å². The van der Waals surface area contributed by atoms with Crippen molar-refractivity contribution in [2.24, 2.45) is 5.73 Å². The Bertz CT molecular complexity index is 1230. The lowest BCUT2D eigenvalue weighted by atomic mass is 10.1. The van der Waals surface area contributed by atoms with E-state index in [-0.39, 0.29) is 17.8 Å². The zero-order chi connectivity index (χ0) is 22.1. The van der Waals surface area contributed by atoms with Crippen LogP contribution in [0.5, 0.6) is 0 Å². The molecule has 0 saturated carbocycles. The van der Waals surface area contributed by atoms with Gasteiger partial charge in [-0.15, -0.1) is 5.10 Å². The summed E-state index contributed by atoms with van der Waals surface area (Å²) in [6.07, 6.45) is 3.59. The Balaban J connectivity index is 1.28. The average Bonchev–Trinajstić information content (AvgIpc) is 3.55. The molecule has 162 valence electrons. The van der Waals surface area contributed by atoms with Crippen LogP contribution in [0.4, 0.5) is 4.39 Å². The molecule has 1 saturated heterocycles. The lowest BCUT2D eigenvalue weighted by molar-refractivity contribution is 0.283. The van der Waals surface area contributed by atoms with E-state index in [4.69, 9.17) is 15.7 Å². The van der Waals surface area contributed by atoms with Gasteiger partial charge in [0.25, 0.3) is 0 Å². The third-order valence-electron chi connectivity index (χ3n) is 5.52. The molecular weight excluding hydrogens is 411 g/mol. The first kappa shape index (κ1) is 19.9. The lowest BCUT2D eigenvalue weighted by Gasteiger charge is -2.21. The van der Waals surface area contributed by atoms with E-state index in [9.17, 15) is 4.39 Å². The molecule has 3 N–H and O–H groups in total. The highest BCUT2D eigenvalue weighted by Gasteiger charge is 2.31.